The van der Waals surface area contributed by atoms with Gasteiger partial charge in [-0.1, -0.05) is 0 Å². The first-order valence-electron chi connectivity index (χ1n) is 6.81. The maximum atomic E-state index is 11.9. The van der Waals surface area contributed by atoms with E-state index in [1.807, 2.05) is 18.4 Å². The third-order valence-electron chi connectivity index (χ3n) is 3.83. The van der Waals surface area contributed by atoms with Gasteiger partial charge < -0.3 is 9.30 Å². The van der Waals surface area contributed by atoms with E-state index in [2.05, 4.69) is 10.2 Å². The third-order valence-corrected chi connectivity index (χ3v) is 3.83. The van der Waals surface area contributed by atoms with E-state index in [-0.39, 0.29) is 5.97 Å². The molecular formula is C13H19N3O2. The fourth-order valence-electron chi connectivity index (χ4n) is 2.74. The highest BCUT2D eigenvalue weighted by atomic mass is 16.5. The average molecular weight is 249 g/mol. The summed E-state index contributed by atoms with van der Waals surface area (Å²) in [6.45, 7) is 4.11. The van der Waals surface area contributed by atoms with Gasteiger partial charge in [0.1, 0.15) is 5.82 Å². The number of aromatic nitrogens is 3. The normalized spacial score (nSPS) is 19.3. The summed E-state index contributed by atoms with van der Waals surface area (Å²) in [5, 5.41) is 8.09. The lowest BCUT2D eigenvalue weighted by Crippen LogP contribution is -2.21. The van der Waals surface area contributed by atoms with Crippen LogP contribution in [0.5, 0.6) is 0 Å². The Morgan fingerprint density at radius 2 is 1.94 bits per heavy atom. The van der Waals surface area contributed by atoms with Crippen LogP contribution in [-0.2, 0) is 4.74 Å². The van der Waals surface area contributed by atoms with Gasteiger partial charge in [0.15, 0.2) is 0 Å². The van der Waals surface area contributed by atoms with Crippen LogP contribution >= 0.6 is 0 Å². The van der Waals surface area contributed by atoms with Crippen LogP contribution in [0.2, 0.25) is 0 Å². The molecule has 0 unspecified atom stereocenters. The van der Waals surface area contributed by atoms with Crippen molar-refractivity contribution in [1.29, 1.82) is 0 Å². The Labute approximate surface area is 107 Å². The van der Waals surface area contributed by atoms with Crippen molar-refractivity contribution >= 4 is 5.97 Å². The first-order chi connectivity index (χ1) is 8.72. The van der Waals surface area contributed by atoms with Gasteiger partial charge in [0.2, 0.25) is 5.82 Å². The Balaban J connectivity index is 1.93. The van der Waals surface area contributed by atoms with Crippen molar-refractivity contribution in [3.05, 3.63) is 11.6 Å². The number of carbonyl (C=O) groups excluding carboxylic acids is 1. The van der Waals surface area contributed by atoms with Crippen LogP contribution in [0.3, 0.4) is 0 Å². The van der Waals surface area contributed by atoms with Gasteiger partial charge in [-0.25, -0.2) is 4.79 Å². The molecule has 98 valence electrons. The summed E-state index contributed by atoms with van der Waals surface area (Å²) in [6, 6.07) is 0.416. The second-order valence-electron chi connectivity index (χ2n) is 5.33. The number of ether oxygens (including phenoxy) is 1. The summed E-state index contributed by atoms with van der Waals surface area (Å²) in [5.74, 6) is 2.30. The molecule has 1 heterocycles. The molecule has 3 rings (SSSR count). The van der Waals surface area contributed by atoms with Gasteiger partial charge in [-0.3, -0.25) is 0 Å². The molecule has 5 heteroatoms. The fraction of sp³-hybridized carbons (Fsp3) is 0.769. The Morgan fingerprint density at radius 3 is 2.44 bits per heavy atom. The van der Waals surface area contributed by atoms with Crippen molar-refractivity contribution in [2.75, 3.05) is 6.61 Å². The molecule has 2 aliphatic rings. The van der Waals surface area contributed by atoms with E-state index in [4.69, 9.17) is 4.74 Å². The largest absolute Gasteiger partial charge is 0.460 e. The summed E-state index contributed by atoms with van der Waals surface area (Å²) >= 11 is 0. The number of esters is 1. The van der Waals surface area contributed by atoms with E-state index in [0.29, 0.717) is 30.3 Å². The van der Waals surface area contributed by atoms with Gasteiger partial charge in [-0.2, -0.15) is 0 Å². The van der Waals surface area contributed by atoms with Gasteiger partial charge >= 0.3 is 5.97 Å². The van der Waals surface area contributed by atoms with E-state index in [1.165, 1.54) is 25.7 Å². The molecule has 0 spiro atoms. The van der Waals surface area contributed by atoms with Crippen LogP contribution in [-0.4, -0.2) is 27.3 Å². The van der Waals surface area contributed by atoms with Gasteiger partial charge in [0.25, 0.3) is 0 Å². The zero-order valence-corrected chi connectivity index (χ0v) is 10.9. The molecule has 0 atom stereocenters. The Hall–Kier alpha value is -1.39. The first kappa shape index (κ1) is 11.7. The number of carbonyl (C=O) groups is 1. The van der Waals surface area contributed by atoms with Crippen molar-refractivity contribution in [2.45, 2.75) is 45.6 Å². The molecular weight excluding hydrogens is 230 g/mol. The van der Waals surface area contributed by atoms with Crippen LogP contribution in [0.25, 0.3) is 0 Å². The summed E-state index contributed by atoms with van der Waals surface area (Å²) < 4.78 is 7.11. The molecule has 0 N–H and O–H groups in total. The molecule has 2 saturated carbocycles. The highest BCUT2D eigenvalue weighted by molar-refractivity contribution is 5.85. The second-order valence-corrected chi connectivity index (χ2v) is 5.33. The van der Waals surface area contributed by atoms with E-state index < -0.39 is 0 Å². The molecule has 1 aromatic rings. The third kappa shape index (κ3) is 2.02. The minimum Gasteiger partial charge on any atom is -0.460 e. The SMILES string of the molecule is CCOC(=O)c1nnc(C)n1C(C1CC1)C1CC1. The molecule has 0 aliphatic heterocycles. The lowest BCUT2D eigenvalue weighted by Gasteiger charge is -2.20. The number of rotatable bonds is 5. The molecule has 0 bridgehead atoms. The maximum Gasteiger partial charge on any atom is 0.376 e. The van der Waals surface area contributed by atoms with E-state index in [0.717, 1.165) is 5.82 Å². The lowest BCUT2D eigenvalue weighted by molar-refractivity contribution is 0.0501. The molecule has 0 aromatic carbocycles. The minimum atomic E-state index is -0.343. The standard InChI is InChI=1S/C13H19N3O2/c1-3-18-13(17)12-15-14-8(2)16(12)11(9-4-5-9)10-6-7-10/h9-11H,3-7H2,1-2H3. The quantitative estimate of drug-likeness (QED) is 0.750. The number of aryl methyl sites for hydroxylation is 1. The fourth-order valence-corrected chi connectivity index (χ4v) is 2.74. The van der Waals surface area contributed by atoms with Gasteiger partial charge in [0, 0.05) is 6.04 Å². The molecule has 0 saturated heterocycles. The summed E-state index contributed by atoms with van der Waals surface area (Å²) in [7, 11) is 0. The summed E-state index contributed by atoms with van der Waals surface area (Å²) in [5.41, 5.74) is 0. The van der Waals surface area contributed by atoms with Gasteiger partial charge in [-0.05, 0) is 51.4 Å². The van der Waals surface area contributed by atoms with Crippen LogP contribution in [0.1, 0.15) is 55.1 Å². The van der Waals surface area contributed by atoms with E-state index in [1.54, 1.807) is 0 Å². The first-order valence-corrected chi connectivity index (χ1v) is 6.81. The zero-order chi connectivity index (χ0) is 12.7. The van der Waals surface area contributed by atoms with E-state index >= 15 is 0 Å². The molecule has 2 fully saturated rings. The number of hydrogen-bond acceptors (Lipinski definition) is 4. The number of hydrogen-bond donors (Lipinski definition) is 0. The number of nitrogens with zero attached hydrogens (tertiary/aromatic N) is 3. The maximum absolute atomic E-state index is 11.9. The predicted molar refractivity (Wildman–Crippen MR) is 65.2 cm³/mol. The summed E-state index contributed by atoms with van der Waals surface area (Å²) in [4.78, 5) is 11.9. The Bertz CT molecular complexity index is 449. The smallest absolute Gasteiger partial charge is 0.376 e. The monoisotopic (exact) mass is 249 g/mol. The van der Waals surface area contributed by atoms with Crippen molar-refractivity contribution in [3.63, 3.8) is 0 Å². The Kier molecular flexibility index (Phi) is 2.84. The lowest BCUT2D eigenvalue weighted by atomic mass is 10.1. The molecule has 1 aromatic heterocycles. The van der Waals surface area contributed by atoms with E-state index in [9.17, 15) is 4.79 Å². The predicted octanol–water partition coefficient (Wildman–Crippen LogP) is 2.12. The van der Waals surface area contributed by atoms with Crippen LogP contribution in [0, 0.1) is 18.8 Å². The van der Waals surface area contributed by atoms with Crippen LogP contribution in [0.4, 0.5) is 0 Å². The van der Waals surface area contributed by atoms with Crippen molar-refractivity contribution in [2.24, 2.45) is 11.8 Å². The van der Waals surface area contributed by atoms with Crippen molar-refractivity contribution in [3.8, 4) is 0 Å². The minimum absolute atomic E-state index is 0.343. The van der Waals surface area contributed by atoms with Crippen molar-refractivity contribution in [1.82, 2.24) is 14.8 Å². The van der Waals surface area contributed by atoms with Crippen LogP contribution in [0.15, 0.2) is 0 Å². The zero-order valence-electron chi connectivity index (χ0n) is 10.9. The molecule has 0 radical (unpaired) electrons. The highest BCUT2D eigenvalue weighted by Gasteiger charge is 2.44. The second kappa shape index (κ2) is 4.37. The van der Waals surface area contributed by atoms with Crippen LogP contribution < -0.4 is 0 Å². The van der Waals surface area contributed by atoms with Gasteiger partial charge in [0.05, 0.1) is 6.61 Å². The van der Waals surface area contributed by atoms with Gasteiger partial charge in [-0.15, -0.1) is 10.2 Å². The van der Waals surface area contributed by atoms with Crippen molar-refractivity contribution < 1.29 is 9.53 Å². The highest BCUT2D eigenvalue weighted by Crippen LogP contribution is 2.52. The Morgan fingerprint density at radius 1 is 1.33 bits per heavy atom. The average Bonchev–Trinajstić information content (AvgIpc) is 3.22. The molecule has 2 aliphatic carbocycles. The summed E-state index contributed by atoms with van der Waals surface area (Å²) in [6.07, 6.45) is 5.06. The molecule has 0 amide bonds. The molecule has 5 nitrogen and oxygen atoms in total. The topological polar surface area (TPSA) is 57.0 Å². The molecule has 18 heavy (non-hydrogen) atoms.